The second-order valence-corrected chi connectivity index (χ2v) is 5.77. The Bertz CT molecular complexity index is 734. The summed E-state index contributed by atoms with van der Waals surface area (Å²) in [6, 6.07) is 16.8. The van der Waals surface area contributed by atoms with Crippen LogP contribution in [0.3, 0.4) is 0 Å². The van der Waals surface area contributed by atoms with Crippen LogP contribution in [0.5, 0.6) is 0 Å². The number of hydrogen-bond donors (Lipinski definition) is 2. The maximum Gasteiger partial charge on any atom is 0.0769 e. The average Bonchev–Trinajstić information content (AvgIpc) is 2.60. The summed E-state index contributed by atoms with van der Waals surface area (Å²) < 4.78 is 0. The fraction of sp³-hybridized carbons (Fsp3) is 0.273. The van der Waals surface area contributed by atoms with Crippen LogP contribution in [0.4, 0.5) is 5.69 Å². The molecule has 2 N–H and O–H groups in total. The van der Waals surface area contributed by atoms with Crippen molar-refractivity contribution in [3.8, 4) is 11.8 Å². The van der Waals surface area contributed by atoms with Gasteiger partial charge >= 0.3 is 0 Å². The number of nitrogens with one attached hydrogen (secondary N) is 2. The van der Waals surface area contributed by atoms with Gasteiger partial charge in [0.2, 0.25) is 0 Å². The third-order valence-electron chi connectivity index (χ3n) is 3.78. The molecule has 0 saturated heterocycles. The van der Waals surface area contributed by atoms with Crippen molar-refractivity contribution in [3.63, 3.8) is 0 Å². The van der Waals surface area contributed by atoms with E-state index in [1.165, 1.54) is 16.7 Å². The molecule has 2 aromatic rings. The van der Waals surface area contributed by atoms with E-state index in [2.05, 4.69) is 60.6 Å². The summed E-state index contributed by atoms with van der Waals surface area (Å²) in [5.74, 6) is 6.43. The van der Waals surface area contributed by atoms with Crippen LogP contribution < -0.4 is 10.6 Å². The minimum absolute atomic E-state index is 0.648. The van der Waals surface area contributed by atoms with Gasteiger partial charge in [0.1, 0.15) is 0 Å². The Kier molecular flexibility index (Phi) is 7.14. The quantitative estimate of drug-likeness (QED) is 0.767. The molecule has 0 aliphatic carbocycles. The first-order valence-corrected chi connectivity index (χ1v) is 8.45. The van der Waals surface area contributed by atoms with E-state index in [-0.39, 0.29) is 0 Å². The first kappa shape index (κ1) is 17.8. The minimum Gasteiger partial charge on any atom is -0.374 e. The van der Waals surface area contributed by atoms with E-state index < -0.39 is 0 Å². The molecule has 0 radical (unpaired) electrons. The molecule has 2 aromatic carbocycles. The standard InChI is InChI=1S/C22H26N2/c1-4-20-13-12-19(17-23-3)16-21(20)15-18(2)9-8-14-24-22-10-6-5-7-11-22/h5-7,10-13,15-16,23-24H,4,14,17H2,1-3H3/b18-15+. The van der Waals surface area contributed by atoms with E-state index in [0.717, 1.165) is 24.2 Å². The summed E-state index contributed by atoms with van der Waals surface area (Å²) in [5.41, 5.74) is 6.11. The van der Waals surface area contributed by atoms with Crippen molar-refractivity contribution in [3.05, 3.63) is 70.8 Å². The summed E-state index contributed by atoms with van der Waals surface area (Å²) in [7, 11) is 1.97. The zero-order chi connectivity index (χ0) is 17.2. The van der Waals surface area contributed by atoms with E-state index in [1.807, 2.05) is 37.4 Å². The molecule has 0 amide bonds. The molecule has 2 heteroatoms. The molecule has 2 rings (SSSR count). The van der Waals surface area contributed by atoms with Crippen LogP contribution in [0, 0.1) is 11.8 Å². The highest BCUT2D eigenvalue weighted by atomic mass is 14.8. The molecule has 0 aliphatic heterocycles. The van der Waals surface area contributed by atoms with Gasteiger partial charge < -0.3 is 10.6 Å². The summed E-state index contributed by atoms with van der Waals surface area (Å²) in [6.45, 7) is 5.79. The highest BCUT2D eigenvalue weighted by Crippen LogP contribution is 2.16. The molecule has 0 heterocycles. The maximum atomic E-state index is 3.30. The van der Waals surface area contributed by atoms with Gasteiger partial charge in [-0.05, 0) is 60.9 Å². The van der Waals surface area contributed by atoms with Crippen molar-refractivity contribution in [1.29, 1.82) is 0 Å². The van der Waals surface area contributed by atoms with E-state index >= 15 is 0 Å². The molecule has 0 bridgehead atoms. The van der Waals surface area contributed by atoms with Gasteiger partial charge in [0.15, 0.2) is 0 Å². The number of allylic oxidation sites excluding steroid dienone is 1. The molecule has 124 valence electrons. The first-order chi connectivity index (χ1) is 11.7. The topological polar surface area (TPSA) is 24.1 Å². The number of rotatable bonds is 6. The molecule has 0 fully saturated rings. The third kappa shape index (κ3) is 5.61. The Morgan fingerprint density at radius 2 is 1.92 bits per heavy atom. The lowest BCUT2D eigenvalue weighted by Crippen LogP contribution is -2.05. The molecule has 0 spiro atoms. The van der Waals surface area contributed by atoms with Crippen LogP contribution in [0.1, 0.15) is 30.5 Å². The second-order valence-electron chi connectivity index (χ2n) is 5.77. The van der Waals surface area contributed by atoms with Gasteiger partial charge in [-0.2, -0.15) is 0 Å². The van der Waals surface area contributed by atoms with Crippen LogP contribution in [-0.4, -0.2) is 13.6 Å². The number of hydrogen-bond acceptors (Lipinski definition) is 2. The van der Waals surface area contributed by atoms with E-state index in [0.29, 0.717) is 6.54 Å². The van der Waals surface area contributed by atoms with Crippen LogP contribution in [-0.2, 0) is 13.0 Å². The summed E-state index contributed by atoms with van der Waals surface area (Å²) in [5, 5.41) is 6.51. The third-order valence-corrected chi connectivity index (χ3v) is 3.78. The van der Waals surface area contributed by atoms with Crippen LogP contribution in [0.25, 0.3) is 6.08 Å². The van der Waals surface area contributed by atoms with E-state index in [1.54, 1.807) is 0 Å². The van der Waals surface area contributed by atoms with Gasteiger partial charge in [0.05, 0.1) is 6.54 Å². The van der Waals surface area contributed by atoms with Crippen molar-refractivity contribution in [2.45, 2.75) is 26.8 Å². The highest BCUT2D eigenvalue weighted by molar-refractivity contribution is 5.61. The molecular formula is C22H26N2. The van der Waals surface area contributed by atoms with Crippen LogP contribution in [0.15, 0.2) is 54.1 Å². The van der Waals surface area contributed by atoms with Gasteiger partial charge in [-0.25, -0.2) is 0 Å². The first-order valence-electron chi connectivity index (χ1n) is 8.45. The van der Waals surface area contributed by atoms with Crippen LogP contribution in [0.2, 0.25) is 0 Å². The Hall–Kier alpha value is -2.50. The van der Waals surface area contributed by atoms with Gasteiger partial charge in [0.25, 0.3) is 0 Å². The molecule has 24 heavy (non-hydrogen) atoms. The highest BCUT2D eigenvalue weighted by Gasteiger charge is 2.00. The zero-order valence-corrected chi connectivity index (χ0v) is 14.8. The van der Waals surface area contributed by atoms with Gasteiger partial charge in [-0.1, -0.05) is 55.2 Å². The Morgan fingerprint density at radius 1 is 1.12 bits per heavy atom. The normalized spacial score (nSPS) is 10.9. The Labute approximate surface area is 146 Å². The lowest BCUT2D eigenvalue weighted by Gasteiger charge is -2.07. The molecule has 0 atom stereocenters. The summed E-state index contributed by atoms with van der Waals surface area (Å²) >= 11 is 0. The van der Waals surface area contributed by atoms with Crippen LogP contribution >= 0.6 is 0 Å². The molecular weight excluding hydrogens is 292 g/mol. The Balaban J connectivity index is 2.05. The van der Waals surface area contributed by atoms with Gasteiger partial charge in [-0.3, -0.25) is 0 Å². The Morgan fingerprint density at radius 3 is 2.62 bits per heavy atom. The lowest BCUT2D eigenvalue weighted by atomic mass is 10.00. The molecule has 0 aliphatic rings. The number of para-hydroxylation sites is 1. The zero-order valence-electron chi connectivity index (χ0n) is 14.8. The van der Waals surface area contributed by atoms with E-state index in [9.17, 15) is 0 Å². The largest absolute Gasteiger partial charge is 0.374 e. The molecule has 2 nitrogen and oxygen atoms in total. The fourth-order valence-electron chi connectivity index (χ4n) is 2.57. The lowest BCUT2D eigenvalue weighted by molar-refractivity contribution is 0.817. The second kappa shape index (κ2) is 9.60. The predicted molar refractivity (Wildman–Crippen MR) is 105 cm³/mol. The predicted octanol–water partition coefficient (Wildman–Crippen LogP) is 4.49. The van der Waals surface area contributed by atoms with E-state index in [4.69, 9.17) is 0 Å². The van der Waals surface area contributed by atoms with Crippen molar-refractivity contribution in [2.75, 3.05) is 18.9 Å². The number of anilines is 1. The maximum absolute atomic E-state index is 3.30. The van der Waals surface area contributed by atoms with Crippen molar-refractivity contribution < 1.29 is 0 Å². The summed E-state index contributed by atoms with van der Waals surface area (Å²) in [6.07, 6.45) is 3.22. The number of benzene rings is 2. The minimum atomic E-state index is 0.648. The fourth-order valence-corrected chi connectivity index (χ4v) is 2.57. The van der Waals surface area contributed by atoms with Crippen molar-refractivity contribution in [2.24, 2.45) is 0 Å². The van der Waals surface area contributed by atoms with Gasteiger partial charge in [0, 0.05) is 12.2 Å². The molecule has 0 aromatic heterocycles. The SMILES string of the molecule is CCc1ccc(CNC)cc1/C=C(\C)C#CCNc1ccccc1. The smallest absolute Gasteiger partial charge is 0.0769 e. The molecule has 0 unspecified atom stereocenters. The average molecular weight is 318 g/mol. The van der Waals surface area contributed by atoms with Crippen molar-refractivity contribution in [1.82, 2.24) is 5.32 Å². The summed E-state index contributed by atoms with van der Waals surface area (Å²) in [4.78, 5) is 0. The number of aryl methyl sites for hydroxylation is 1. The monoisotopic (exact) mass is 318 g/mol. The molecule has 0 saturated carbocycles. The van der Waals surface area contributed by atoms with Gasteiger partial charge in [-0.15, -0.1) is 0 Å². The van der Waals surface area contributed by atoms with Crippen molar-refractivity contribution >= 4 is 11.8 Å².